The Hall–Kier alpha value is -2.08. The van der Waals surface area contributed by atoms with E-state index in [0.29, 0.717) is 31.2 Å². The largest absolute Gasteiger partial charge is 0.496 e. The van der Waals surface area contributed by atoms with Gasteiger partial charge in [-0.15, -0.1) is 0 Å². The van der Waals surface area contributed by atoms with Crippen molar-refractivity contribution in [2.45, 2.75) is 39.2 Å². The molecule has 3 rings (SSSR count). The number of carbonyl (C=O) groups is 2. The van der Waals surface area contributed by atoms with Crippen LogP contribution in [0.3, 0.4) is 0 Å². The molecule has 0 saturated carbocycles. The van der Waals surface area contributed by atoms with Crippen molar-refractivity contribution in [2.75, 3.05) is 46.4 Å². The molecule has 0 aliphatic carbocycles. The molecule has 2 aliphatic heterocycles. The van der Waals surface area contributed by atoms with Crippen LogP contribution >= 0.6 is 0 Å². The van der Waals surface area contributed by atoms with E-state index in [1.165, 1.54) is 6.42 Å². The van der Waals surface area contributed by atoms with Gasteiger partial charge in [0.05, 0.1) is 13.7 Å². The molecule has 1 aromatic rings. The van der Waals surface area contributed by atoms with Crippen molar-refractivity contribution in [1.29, 1.82) is 0 Å². The number of methoxy groups -OCH3 is 1. The van der Waals surface area contributed by atoms with Crippen LogP contribution in [0, 0.1) is 6.92 Å². The van der Waals surface area contributed by atoms with Crippen molar-refractivity contribution >= 4 is 11.8 Å². The van der Waals surface area contributed by atoms with Crippen LogP contribution in [0.2, 0.25) is 0 Å². The van der Waals surface area contributed by atoms with Gasteiger partial charge in [0.15, 0.2) is 0 Å². The third kappa shape index (κ3) is 4.61. The van der Waals surface area contributed by atoms with Crippen LogP contribution < -0.4 is 4.74 Å². The molecule has 2 amide bonds. The van der Waals surface area contributed by atoms with Crippen LogP contribution in [-0.2, 0) is 4.79 Å². The van der Waals surface area contributed by atoms with Gasteiger partial charge >= 0.3 is 0 Å². The molecule has 1 aromatic carbocycles. The van der Waals surface area contributed by atoms with Gasteiger partial charge in [-0.3, -0.25) is 14.5 Å². The summed E-state index contributed by atoms with van der Waals surface area (Å²) < 4.78 is 5.33. The van der Waals surface area contributed by atoms with Gasteiger partial charge in [-0.1, -0.05) is 6.07 Å². The lowest BCUT2D eigenvalue weighted by Crippen LogP contribution is -2.53. The van der Waals surface area contributed by atoms with Crippen molar-refractivity contribution in [3.05, 3.63) is 29.3 Å². The lowest BCUT2D eigenvalue weighted by molar-refractivity contribution is -0.136. The molecule has 2 fully saturated rings. The summed E-state index contributed by atoms with van der Waals surface area (Å²) in [6, 6.07) is 5.94. The second-order valence-corrected chi connectivity index (χ2v) is 7.68. The van der Waals surface area contributed by atoms with Gasteiger partial charge in [-0.05, 0) is 50.8 Å². The molecular weight excluding hydrogens is 342 g/mol. The Morgan fingerprint density at radius 3 is 2.52 bits per heavy atom. The maximum Gasteiger partial charge on any atom is 0.254 e. The Bertz CT molecular complexity index is 683. The van der Waals surface area contributed by atoms with Gasteiger partial charge < -0.3 is 14.5 Å². The number of piperidine rings is 1. The fourth-order valence-corrected chi connectivity index (χ4v) is 4.00. The number of ether oxygens (including phenoxy) is 1. The smallest absolute Gasteiger partial charge is 0.254 e. The van der Waals surface area contributed by atoms with E-state index < -0.39 is 0 Å². The Morgan fingerprint density at radius 1 is 1.11 bits per heavy atom. The summed E-state index contributed by atoms with van der Waals surface area (Å²) in [7, 11) is 1.62. The highest BCUT2D eigenvalue weighted by molar-refractivity contribution is 5.94. The second kappa shape index (κ2) is 8.74. The normalized spacial score (nSPS) is 21.2. The fourth-order valence-electron chi connectivity index (χ4n) is 4.00. The van der Waals surface area contributed by atoms with E-state index in [1.807, 2.05) is 34.9 Å². The Morgan fingerprint density at radius 2 is 1.85 bits per heavy atom. The molecule has 2 aliphatic rings. The quantitative estimate of drug-likeness (QED) is 0.812. The first-order valence-electron chi connectivity index (χ1n) is 9.95. The van der Waals surface area contributed by atoms with Gasteiger partial charge in [-0.25, -0.2) is 0 Å². The number of nitrogens with zero attached hydrogens (tertiary/aromatic N) is 3. The van der Waals surface area contributed by atoms with Gasteiger partial charge in [0.25, 0.3) is 5.91 Å². The molecule has 6 heteroatoms. The lowest BCUT2D eigenvalue weighted by atomic mass is 10.0. The van der Waals surface area contributed by atoms with Gasteiger partial charge in [0, 0.05) is 44.3 Å². The van der Waals surface area contributed by atoms with E-state index in [1.54, 1.807) is 7.11 Å². The topological polar surface area (TPSA) is 53.1 Å². The summed E-state index contributed by atoms with van der Waals surface area (Å²) in [5.41, 5.74) is 1.67. The van der Waals surface area contributed by atoms with Crippen LogP contribution in [-0.4, -0.2) is 78.9 Å². The Labute approximate surface area is 162 Å². The van der Waals surface area contributed by atoms with Crippen LogP contribution in [0.4, 0.5) is 0 Å². The monoisotopic (exact) mass is 373 g/mol. The number of carbonyl (C=O) groups excluding carboxylic acids is 2. The van der Waals surface area contributed by atoms with E-state index in [0.717, 1.165) is 43.8 Å². The summed E-state index contributed by atoms with van der Waals surface area (Å²) in [5.74, 6) is 0.995. The highest BCUT2D eigenvalue weighted by Crippen LogP contribution is 2.21. The molecule has 27 heavy (non-hydrogen) atoms. The van der Waals surface area contributed by atoms with Gasteiger partial charge in [0.2, 0.25) is 5.91 Å². The molecule has 0 aromatic heterocycles. The molecule has 1 unspecified atom stereocenters. The van der Waals surface area contributed by atoms with Crippen LogP contribution in [0.5, 0.6) is 5.75 Å². The van der Waals surface area contributed by atoms with E-state index in [4.69, 9.17) is 4.74 Å². The minimum Gasteiger partial charge on any atom is -0.496 e. The first-order chi connectivity index (χ1) is 13.0. The maximum absolute atomic E-state index is 12.8. The highest BCUT2D eigenvalue weighted by atomic mass is 16.5. The van der Waals surface area contributed by atoms with E-state index >= 15 is 0 Å². The lowest BCUT2D eigenvalue weighted by Gasteiger charge is -2.38. The minimum absolute atomic E-state index is 0.0314. The fraction of sp³-hybridized carbons (Fsp3) is 0.619. The van der Waals surface area contributed by atoms with Crippen LogP contribution in [0.15, 0.2) is 18.2 Å². The standard InChI is InChI=1S/C21H31N3O3/c1-16-7-8-18(14-19(16)27-3)21(26)23-12-10-22(11-13-23)15-20(25)24-9-5-4-6-17(24)2/h7-8,14,17H,4-6,9-13,15H2,1-3H3. The van der Waals surface area contributed by atoms with Gasteiger partial charge in [0.1, 0.15) is 5.75 Å². The molecule has 0 bridgehead atoms. The molecule has 0 spiro atoms. The Kier molecular flexibility index (Phi) is 6.37. The summed E-state index contributed by atoms with van der Waals surface area (Å²) >= 11 is 0. The number of benzene rings is 1. The average molecular weight is 373 g/mol. The number of aryl methyl sites for hydroxylation is 1. The number of hydrogen-bond donors (Lipinski definition) is 0. The number of amides is 2. The van der Waals surface area contributed by atoms with Crippen molar-refractivity contribution in [3.8, 4) is 5.75 Å². The first kappa shape index (κ1) is 19.7. The van der Waals surface area contributed by atoms with Crippen molar-refractivity contribution in [2.24, 2.45) is 0 Å². The van der Waals surface area contributed by atoms with Crippen LogP contribution in [0.25, 0.3) is 0 Å². The molecule has 148 valence electrons. The molecule has 0 N–H and O–H groups in total. The van der Waals surface area contributed by atoms with Crippen LogP contribution in [0.1, 0.15) is 42.1 Å². The summed E-state index contributed by atoms with van der Waals surface area (Å²) in [6.07, 6.45) is 3.43. The number of piperazine rings is 1. The minimum atomic E-state index is 0.0314. The van der Waals surface area contributed by atoms with E-state index in [9.17, 15) is 9.59 Å². The molecule has 2 heterocycles. The van der Waals surface area contributed by atoms with E-state index in [2.05, 4.69) is 11.8 Å². The third-order valence-electron chi connectivity index (χ3n) is 5.80. The van der Waals surface area contributed by atoms with E-state index in [-0.39, 0.29) is 11.8 Å². The first-order valence-corrected chi connectivity index (χ1v) is 9.95. The number of rotatable bonds is 4. The maximum atomic E-state index is 12.8. The molecular formula is C21H31N3O3. The zero-order valence-electron chi connectivity index (χ0n) is 16.7. The van der Waals surface area contributed by atoms with Crippen molar-refractivity contribution in [3.63, 3.8) is 0 Å². The second-order valence-electron chi connectivity index (χ2n) is 7.68. The van der Waals surface area contributed by atoms with Gasteiger partial charge in [-0.2, -0.15) is 0 Å². The highest BCUT2D eigenvalue weighted by Gasteiger charge is 2.27. The number of hydrogen-bond acceptors (Lipinski definition) is 4. The van der Waals surface area contributed by atoms with Crippen molar-refractivity contribution < 1.29 is 14.3 Å². The van der Waals surface area contributed by atoms with Crippen molar-refractivity contribution in [1.82, 2.24) is 14.7 Å². The summed E-state index contributed by atoms with van der Waals surface area (Å²) in [6.45, 7) is 8.23. The zero-order valence-corrected chi connectivity index (χ0v) is 16.7. The summed E-state index contributed by atoms with van der Waals surface area (Å²) in [4.78, 5) is 31.4. The molecule has 2 saturated heterocycles. The Balaban J connectivity index is 1.52. The predicted octanol–water partition coefficient (Wildman–Crippen LogP) is 2.16. The summed E-state index contributed by atoms with van der Waals surface area (Å²) in [5, 5.41) is 0. The third-order valence-corrected chi connectivity index (χ3v) is 5.80. The zero-order chi connectivity index (χ0) is 19.4. The molecule has 0 radical (unpaired) electrons. The number of likely N-dealkylation sites (tertiary alicyclic amines) is 1. The predicted molar refractivity (Wildman–Crippen MR) is 105 cm³/mol. The molecule has 6 nitrogen and oxygen atoms in total. The molecule has 1 atom stereocenters. The average Bonchev–Trinajstić information content (AvgIpc) is 2.68. The SMILES string of the molecule is COc1cc(C(=O)N2CCN(CC(=O)N3CCCCC3C)CC2)ccc1C.